The van der Waals surface area contributed by atoms with Crippen molar-refractivity contribution < 1.29 is 13.2 Å². The smallest absolute Gasteiger partial charge is 0.171 e. The maximum atomic E-state index is 12.0. The first kappa shape index (κ1) is 10.5. The van der Waals surface area contributed by atoms with Gasteiger partial charge in [-0.15, -0.1) is 0 Å². The van der Waals surface area contributed by atoms with Crippen molar-refractivity contribution in [2.45, 2.75) is 20.0 Å². The van der Waals surface area contributed by atoms with Gasteiger partial charge in [0.05, 0.1) is 5.92 Å². The lowest BCUT2D eigenvalue weighted by atomic mass is 9.98. The zero-order chi connectivity index (χ0) is 8.36. The summed E-state index contributed by atoms with van der Waals surface area (Å²) in [5, 5.41) is 0. The van der Waals surface area contributed by atoms with E-state index in [9.17, 15) is 13.2 Å². The molecule has 4 heteroatoms. The number of hydrogen-bond acceptors (Lipinski definition) is 0. The van der Waals surface area contributed by atoms with Crippen molar-refractivity contribution in [3.8, 4) is 0 Å². The minimum Gasteiger partial charge on any atom is -0.171 e. The molecule has 1 unspecified atom stereocenters. The summed E-state index contributed by atoms with van der Waals surface area (Å²) >= 11 is 1.77. The normalized spacial score (nSPS) is 15.9. The SMILES string of the molecule is CC(C)C(CI)C(F)(F)F. The van der Waals surface area contributed by atoms with Gasteiger partial charge in [0.2, 0.25) is 0 Å². The summed E-state index contributed by atoms with van der Waals surface area (Å²) in [5.41, 5.74) is 0. The Hall–Kier alpha value is 0.520. The Morgan fingerprint density at radius 3 is 1.70 bits per heavy atom. The predicted octanol–water partition coefficient (Wildman–Crippen LogP) is 3.26. The molecule has 0 heterocycles. The predicted molar refractivity (Wildman–Crippen MR) is 43.3 cm³/mol. The molecule has 0 saturated heterocycles. The van der Waals surface area contributed by atoms with Gasteiger partial charge in [-0.2, -0.15) is 13.2 Å². The molecule has 62 valence electrons. The molecule has 0 amide bonds. The summed E-state index contributed by atoms with van der Waals surface area (Å²) in [6, 6.07) is 0. The topological polar surface area (TPSA) is 0 Å². The highest BCUT2D eigenvalue weighted by Crippen LogP contribution is 2.33. The van der Waals surface area contributed by atoms with Crippen LogP contribution in [0.25, 0.3) is 0 Å². The van der Waals surface area contributed by atoms with Crippen LogP contribution in [0.5, 0.6) is 0 Å². The maximum absolute atomic E-state index is 12.0. The number of rotatable bonds is 2. The third-order valence-corrected chi connectivity index (χ3v) is 2.34. The maximum Gasteiger partial charge on any atom is 0.392 e. The Morgan fingerprint density at radius 2 is 1.70 bits per heavy atom. The zero-order valence-corrected chi connectivity index (χ0v) is 8.03. The van der Waals surface area contributed by atoms with E-state index in [1.54, 1.807) is 36.4 Å². The molecular formula is C6H10F3I. The molecule has 0 fully saturated rings. The summed E-state index contributed by atoms with van der Waals surface area (Å²) in [5.74, 6) is -1.45. The molecule has 0 nitrogen and oxygen atoms in total. The Kier molecular flexibility index (Phi) is 3.98. The van der Waals surface area contributed by atoms with Crippen molar-refractivity contribution in [1.29, 1.82) is 0 Å². The first-order valence-electron chi connectivity index (χ1n) is 3.02. The molecule has 0 aliphatic carbocycles. The van der Waals surface area contributed by atoms with Crippen molar-refractivity contribution in [2.75, 3.05) is 4.43 Å². The van der Waals surface area contributed by atoms with Crippen LogP contribution in [-0.2, 0) is 0 Å². The molecule has 0 rings (SSSR count). The Morgan fingerprint density at radius 1 is 1.30 bits per heavy atom. The van der Waals surface area contributed by atoms with E-state index in [2.05, 4.69) is 0 Å². The standard InChI is InChI=1S/C6H10F3I/c1-4(2)5(3-10)6(7,8)9/h4-5H,3H2,1-2H3. The van der Waals surface area contributed by atoms with Crippen LogP contribution in [0.1, 0.15) is 13.8 Å². The average Bonchev–Trinajstić information content (AvgIpc) is 1.60. The molecule has 0 radical (unpaired) electrons. The molecular weight excluding hydrogens is 256 g/mol. The molecule has 0 aromatic rings. The molecule has 0 N–H and O–H groups in total. The second-order valence-corrected chi connectivity index (χ2v) is 3.43. The van der Waals surface area contributed by atoms with Crippen LogP contribution in [0.3, 0.4) is 0 Å². The van der Waals surface area contributed by atoms with E-state index in [1.165, 1.54) is 0 Å². The number of hydrogen-bond donors (Lipinski definition) is 0. The van der Waals surface area contributed by atoms with Crippen LogP contribution in [0, 0.1) is 11.8 Å². The first-order valence-corrected chi connectivity index (χ1v) is 4.54. The van der Waals surface area contributed by atoms with E-state index in [0.29, 0.717) is 0 Å². The second kappa shape index (κ2) is 3.78. The van der Waals surface area contributed by atoms with Gasteiger partial charge in [0, 0.05) is 4.43 Å². The third kappa shape index (κ3) is 3.07. The van der Waals surface area contributed by atoms with Crippen molar-refractivity contribution >= 4 is 22.6 Å². The zero-order valence-electron chi connectivity index (χ0n) is 5.87. The van der Waals surface area contributed by atoms with Gasteiger partial charge in [0.15, 0.2) is 0 Å². The van der Waals surface area contributed by atoms with Crippen LogP contribution < -0.4 is 0 Å². The summed E-state index contributed by atoms with van der Waals surface area (Å²) in [6.07, 6.45) is -4.02. The molecule has 0 aromatic carbocycles. The first-order chi connectivity index (χ1) is 4.39. The molecule has 1 atom stereocenters. The van der Waals surface area contributed by atoms with E-state index < -0.39 is 12.1 Å². The van der Waals surface area contributed by atoms with Gasteiger partial charge in [0.25, 0.3) is 0 Å². The average molecular weight is 266 g/mol. The van der Waals surface area contributed by atoms with Gasteiger partial charge in [-0.25, -0.2) is 0 Å². The highest BCUT2D eigenvalue weighted by atomic mass is 127. The highest BCUT2D eigenvalue weighted by molar-refractivity contribution is 14.1. The minimum absolute atomic E-state index is 0.152. The lowest BCUT2D eigenvalue weighted by Crippen LogP contribution is -2.28. The summed E-state index contributed by atoms with van der Waals surface area (Å²) < 4.78 is 36.1. The minimum atomic E-state index is -4.02. The largest absolute Gasteiger partial charge is 0.392 e. The quantitative estimate of drug-likeness (QED) is 0.531. The van der Waals surface area contributed by atoms with Gasteiger partial charge in [0.1, 0.15) is 0 Å². The molecule has 0 spiro atoms. The molecule has 0 bridgehead atoms. The second-order valence-electron chi connectivity index (χ2n) is 2.55. The van der Waals surface area contributed by atoms with Crippen LogP contribution in [-0.4, -0.2) is 10.6 Å². The van der Waals surface area contributed by atoms with Crippen molar-refractivity contribution in [3.05, 3.63) is 0 Å². The van der Waals surface area contributed by atoms with Crippen molar-refractivity contribution in [2.24, 2.45) is 11.8 Å². The fourth-order valence-corrected chi connectivity index (χ4v) is 2.16. The van der Waals surface area contributed by atoms with E-state index >= 15 is 0 Å². The fourth-order valence-electron chi connectivity index (χ4n) is 0.644. The number of alkyl halides is 4. The van der Waals surface area contributed by atoms with Crippen LogP contribution in [0.15, 0.2) is 0 Å². The summed E-state index contributed by atoms with van der Waals surface area (Å²) in [6.45, 7) is 3.19. The molecule has 10 heavy (non-hydrogen) atoms. The van der Waals surface area contributed by atoms with Gasteiger partial charge >= 0.3 is 6.18 Å². The molecule has 0 aromatic heterocycles. The van der Waals surface area contributed by atoms with E-state index in [1.807, 2.05) is 0 Å². The summed E-state index contributed by atoms with van der Waals surface area (Å²) in [7, 11) is 0. The van der Waals surface area contributed by atoms with Gasteiger partial charge in [-0.05, 0) is 5.92 Å². The third-order valence-electron chi connectivity index (χ3n) is 1.39. The monoisotopic (exact) mass is 266 g/mol. The van der Waals surface area contributed by atoms with Crippen LogP contribution in [0.2, 0.25) is 0 Å². The van der Waals surface area contributed by atoms with Gasteiger partial charge in [-0.1, -0.05) is 36.4 Å². The number of halogens is 4. The van der Waals surface area contributed by atoms with E-state index in [4.69, 9.17) is 0 Å². The van der Waals surface area contributed by atoms with Gasteiger partial charge < -0.3 is 0 Å². The lowest BCUT2D eigenvalue weighted by molar-refractivity contribution is -0.177. The Labute approximate surface area is 72.3 Å². The molecule has 0 aliphatic heterocycles. The van der Waals surface area contributed by atoms with E-state index in [-0.39, 0.29) is 10.3 Å². The lowest BCUT2D eigenvalue weighted by Gasteiger charge is -2.20. The van der Waals surface area contributed by atoms with Crippen molar-refractivity contribution in [3.63, 3.8) is 0 Å². The Bertz CT molecular complexity index is 97.7. The molecule has 0 aliphatic rings. The van der Waals surface area contributed by atoms with E-state index in [0.717, 1.165) is 0 Å². The summed E-state index contributed by atoms with van der Waals surface area (Å²) in [4.78, 5) is 0. The van der Waals surface area contributed by atoms with Crippen LogP contribution in [0.4, 0.5) is 13.2 Å². The molecule has 0 saturated carbocycles. The van der Waals surface area contributed by atoms with Crippen LogP contribution >= 0.6 is 22.6 Å². The highest BCUT2D eigenvalue weighted by Gasteiger charge is 2.40. The van der Waals surface area contributed by atoms with Gasteiger partial charge in [-0.3, -0.25) is 0 Å². The van der Waals surface area contributed by atoms with Crippen molar-refractivity contribution in [1.82, 2.24) is 0 Å². The Balaban J connectivity index is 4.07. The fraction of sp³-hybridized carbons (Fsp3) is 1.00.